The van der Waals surface area contributed by atoms with E-state index in [1.807, 2.05) is 0 Å². The van der Waals surface area contributed by atoms with Crippen LogP contribution < -0.4 is 0 Å². The van der Waals surface area contributed by atoms with Gasteiger partial charge in [-0.2, -0.15) is 22.0 Å². The molecule has 0 spiro atoms. The highest BCUT2D eigenvalue weighted by atomic mass is 32.1. The Morgan fingerprint density at radius 2 is 1.76 bits per heavy atom. The van der Waals surface area contributed by atoms with Gasteiger partial charge in [-0.05, 0) is 36.4 Å². The van der Waals surface area contributed by atoms with Crippen LogP contribution in [0.25, 0.3) is 0 Å². The lowest BCUT2D eigenvalue weighted by Crippen LogP contribution is -2.34. The van der Waals surface area contributed by atoms with E-state index >= 15 is 8.78 Å². The van der Waals surface area contributed by atoms with Gasteiger partial charge in [0.2, 0.25) is 0 Å². The predicted octanol–water partition coefficient (Wildman–Crippen LogP) is 5.43. The molecule has 3 nitrogen and oxygen atoms in total. The third-order valence-electron chi connectivity index (χ3n) is 4.93. The van der Waals surface area contributed by atoms with Crippen molar-refractivity contribution >= 4 is 11.3 Å². The molecule has 1 saturated heterocycles. The first kappa shape index (κ1) is 23.2. The Morgan fingerprint density at radius 3 is 2.33 bits per heavy atom. The summed E-state index contributed by atoms with van der Waals surface area (Å²) in [7, 11) is 0. The van der Waals surface area contributed by atoms with E-state index in [-0.39, 0.29) is 15.3 Å². The molecule has 2 aromatic heterocycles. The van der Waals surface area contributed by atoms with E-state index in [1.54, 1.807) is 0 Å². The average Bonchev–Trinajstić information content (AvgIpc) is 3.43. The monoisotopic (exact) mass is 487 g/mol. The van der Waals surface area contributed by atoms with Crippen LogP contribution in [0.5, 0.6) is 0 Å². The highest BCUT2D eigenvalue weighted by Crippen LogP contribution is 2.56. The van der Waals surface area contributed by atoms with Gasteiger partial charge in [-0.25, -0.2) is 8.78 Å². The largest absolute Gasteiger partial charge is 0.419 e. The van der Waals surface area contributed by atoms with Crippen LogP contribution in [-0.2, 0) is 16.3 Å². The summed E-state index contributed by atoms with van der Waals surface area (Å²) >= 11 is 0.643. The summed E-state index contributed by atoms with van der Waals surface area (Å²) in [5.41, 5.74) is -3.33. The molecule has 1 fully saturated rings. The van der Waals surface area contributed by atoms with Crippen LogP contribution in [-0.4, -0.2) is 22.9 Å². The van der Waals surface area contributed by atoms with Crippen LogP contribution in [0, 0.1) is 23.5 Å². The number of pyridine rings is 1. The number of aromatic nitrogens is 1. The second-order valence-electron chi connectivity index (χ2n) is 7.14. The van der Waals surface area contributed by atoms with Gasteiger partial charge in [-0.15, -0.1) is 11.3 Å². The van der Waals surface area contributed by atoms with Crippen molar-refractivity contribution in [2.24, 2.45) is 0 Å². The number of rotatable bonds is 4. The summed E-state index contributed by atoms with van der Waals surface area (Å²) in [6.45, 7) is -0.490. The number of benzene rings is 1. The fraction of sp³-hybridized carbons (Fsp3) is 0.227. The minimum Gasteiger partial charge on any atom is -0.379 e. The topological polar surface area (TPSA) is 45.6 Å². The molecule has 172 valence electrons. The Morgan fingerprint density at radius 1 is 1.03 bits per heavy atom. The first-order chi connectivity index (χ1) is 15.4. The summed E-state index contributed by atoms with van der Waals surface area (Å²) < 4.78 is 100. The molecular weight excluding hydrogens is 475 g/mol. The second-order valence-corrected chi connectivity index (χ2v) is 8.26. The molecule has 0 aliphatic carbocycles. The maximum Gasteiger partial charge on any atom is 0.419 e. The quantitative estimate of drug-likeness (QED) is 0.303. The lowest BCUT2D eigenvalue weighted by molar-refractivity contribution is -0.205. The zero-order chi connectivity index (χ0) is 24.0. The second kappa shape index (κ2) is 8.13. The minimum atomic E-state index is -4.81. The number of ether oxygens (including phenoxy) is 1. The van der Waals surface area contributed by atoms with Gasteiger partial charge in [0.1, 0.15) is 17.3 Å². The van der Waals surface area contributed by atoms with Crippen molar-refractivity contribution in [1.29, 1.82) is 0 Å². The third-order valence-corrected chi connectivity index (χ3v) is 5.98. The fourth-order valence-electron chi connectivity index (χ4n) is 3.12. The first-order valence-corrected chi connectivity index (χ1v) is 10.1. The van der Waals surface area contributed by atoms with Gasteiger partial charge in [-0.1, -0.05) is 11.8 Å². The van der Waals surface area contributed by atoms with Crippen molar-refractivity contribution in [1.82, 2.24) is 4.98 Å². The Hall–Kier alpha value is -2.94. The molecule has 1 N–H and O–H groups in total. The van der Waals surface area contributed by atoms with Crippen LogP contribution in [0.15, 0.2) is 48.7 Å². The molecule has 4 rings (SSSR count). The van der Waals surface area contributed by atoms with Crippen LogP contribution in [0.2, 0.25) is 0 Å². The van der Waals surface area contributed by atoms with Crippen molar-refractivity contribution in [3.8, 4) is 11.8 Å². The van der Waals surface area contributed by atoms with Gasteiger partial charge in [0.15, 0.2) is 11.7 Å². The Labute approximate surface area is 186 Å². The highest BCUT2D eigenvalue weighted by Gasteiger charge is 2.68. The van der Waals surface area contributed by atoms with E-state index in [9.17, 15) is 27.1 Å². The summed E-state index contributed by atoms with van der Waals surface area (Å²) in [6, 6.07) is 6.83. The third kappa shape index (κ3) is 4.34. The number of halogens is 7. The normalized spacial score (nSPS) is 19.0. The Balaban J connectivity index is 1.54. The number of epoxide rings is 1. The van der Waals surface area contributed by atoms with E-state index in [0.717, 1.165) is 30.5 Å². The van der Waals surface area contributed by atoms with E-state index < -0.39 is 53.3 Å². The minimum absolute atomic E-state index is 0.194. The fourth-order valence-corrected chi connectivity index (χ4v) is 3.99. The van der Waals surface area contributed by atoms with Gasteiger partial charge in [-0.3, -0.25) is 4.98 Å². The van der Waals surface area contributed by atoms with Crippen LogP contribution in [0.3, 0.4) is 0 Å². The maximum absolute atomic E-state index is 15.1. The first-order valence-electron chi connectivity index (χ1n) is 9.24. The molecule has 2 unspecified atom stereocenters. The summed E-state index contributed by atoms with van der Waals surface area (Å²) in [5, 5.41) is 9.25. The number of aliphatic hydroxyl groups excluding tert-OH is 1. The molecule has 0 amide bonds. The van der Waals surface area contributed by atoms with Crippen LogP contribution >= 0.6 is 11.3 Å². The zero-order valence-corrected chi connectivity index (χ0v) is 17.1. The molecule has 11 heteroatoms. The van der Waals surface area contributed by atoms with Crippen molar-refractivity contribution in [2.75, 3.05) is 6.61 Å². The molecule has 1 aliphatic rings. The number of nitrogens with zero attached hydrogens (tertiary/aromatic N) is 1. The lowest BCUT2D eigenvalue weighted by atomic mass is 9.90. The highest BCUT2D eigenvalue weighted by molar-refractivity contribution is 7.12. The number of alkyl halides is 5. The molecule has 3 heterocycles. The lowest BCUT2D eigenvalue weighted by Gasteiger charge is -2.24. The summed E-state index contributed by atoms with van der Waals surface area (Å²) in [6.07, 6.45) is -6.39. The van der Waals surface area contributed by atoms with Gasteiger partial charge in [0.25, 0.3) is 0 Å². The smallest absolute Gasteiger partial charge is 0.379 e. The van der Waals surface area contributed by atoms with E-state index in [4.69, 9.17) is 4.74 Å². The molecular formula is C22H12F7NO2S. The van der Waals surface area contributed by atoms with Gasteiger partial charge >= 0.3 is 12.1 Å². The number of hydrogen-bond donors (Lipinski definition) is 1. The van der Waals surface area contributed by atoms with E-state index in [0.29, 0.717) is 17.4 Å². The number of hydrogen-bond acceptors (Lipinski definition) is 4. The molecule has 33 heavy (non-hydrogen) atoms. The molecule has 0 saturated carbocycles. The Bertz CT molecular complexity index is 1240. The predicted molar refractivity (Wildman–Crippen MR) is 103 cm³/mol. The van der Waals surface area contributed by atoms with E-state index in [1.165, 1.54) is 12.1 Å². The van der Waals surface area contributed by atoms with Crippen LogP contribution in [0.4, 0.5) is 30.7 Å². The Kier molecular flexibility index (Phi) is 5.72. The van der Waals surface area contributed by atoms with Crippen molar-refractivity contribution < 1.29 is 40.6 Å². The van der Waals surface area contributed by atoms with E-state index in [2.05, 4.69) is 16.8 Å². The molecule has 0 bridgehead atoms. The van der Waals surface area contributed by atoms with Gasteiger partial charge in [0, 0.05) is 28.3 Å². The van der Waals surface area contributed by atoms with Gasteiger partial charge < -0.3 is 9.84 Å². The zero-order valence-electron chi connectivity index (χ0n) is 16.3. The molecule has 2 atom stereocenters. The van der Waals surface area contributed by atoms with Crippen LogP contribution in [0.1, 0.15) is 32.7 Å². The summed E-state index contributed by atoms with van der Waals surface area (Å²) in [4.78, 5) is 3.58. The van der Waals surface area contributed by atoms with Crippen molar-refractivity contribution in [2.45, 2.75) is 23.8 Å². The van der Waals surface area contributed by atoms with Gasteiger partial charge in [0.05, 0.1) is 11.5 Å². The molecule has 0 radical (unpaired) electrons. The number of aliphatic hydroxyl groups is 1. The maximum atomic E-state index is 15.1. The standard InChI is InChI=1S/C22H12F7NO2S/c23-13-3-6-15(16(24)9-13)20(11-32-20)21(25,26)18-8-2-12(10-30-18)1-4-14-5-7-17(33-14)19(31)22(27,28)29/h2-3,5-10,19,31H,11H2. The SMILES string of the molecule is OC(c1ccc(C#Cc2ccc(C(F)(F)C3(c4ccc(F)cc4F)CO3)nc2)s1)C(F)(F)F. The van der Waals surface area contributed by atoms with Crippen molar-refractivity contribution in [3.05, 3.63) is 86.9 Å². The number of thiophene rings is 1. The molecule has 1 aliphatic heterocycles. The molecule has 1 aromatic carbocycles. The summed E-state index contributed by atoms with van der Waals surface area (Å²) in [5.74, 6) is -0.654. The van der Waals surface area contributed by atoms with Crippen molar-refractivity contribution in [3.63, 3.8) is 0 Å². The average molecular weight is 487 g/mol. The molecule has 3 aromatic rings.